The van der Waals surface area contributed by atoms with Crippen LogP contribution in [0.25, 0.3) is 105 Å². The van der Waals surface area contributed by atoms with Crippen LogP contribution in [0.2, 0.25) is 0 Å². The van der Waals surface area contributed by atoms with E-state index >= 15 is 0 Å². The summed E-state index contributed by atoms with van der Waals surface area (Å²) in [6.07, 6.45) is 0. The third kappa shape index (κ3) is 4.26. The molecule has 0 radical (unpaired) electrons. The van der Waals surface area contributed by atoms with Crippen molar-refractivity contribution in [2.75, 3.05) is 0 Å². The summed E-state index contributed by atoms with van der Waals surface area (Å²) >= 11 is 0. The van der Waals surface area contributed by atoms with E-state index in [9.17, 15) is 0 Å². The average Bonchev–Trinajstić information content (AvgIpc) is 3.76. The topological polar surface area (TPSA) is 56.7 Å². The van der Waals surface area contributed by atoms with Crippen molar-refractivity contribution in [3.05, 3.63) is 170 Å². The van der Waals surface area contributed by atoms with Crippen LogP contribution in [-0.2, 0) is 0 Å². The Morgan fingerprint density at radius 2 is 1.06 bits per heavy atom. The summed E-state index contributed by atoms with van der Waals surface area (Å²) in [5.41, 5.74) is 7.69. The SMILES string of the molecule is c1ccc(-c2nc(-c3ccccc3)nc(-n3c4ccc5ccccc5c4c4cccc(-c5c6ccccc6cc6c5oc5ccccc56)c43)n2)cc1. The van der Waals surface area contributed by atoms with Gasteiger partial charge in [-0.05, 0) is 39.7 Å². The molecule has 0 aliphatic rings. The molecule has 3 heterocycles. The molecular weight excluding hydrogens is 637 g/mol. The summed E-state index contributed by atoms with van der Waals surface area (Å²) < 4.78 is 9.03. The lowest BCUT2D eigenvalue weighted by Gasteiger charge is -2.14. The molecule has 0 atom stereocenters. The second-order valence-electron chi connectivity index (χ2n) is 13.2. The molecule has 0 aliphatic heterocycles. The fourth-order valence-corrected chi connectivity index (χ4v) is 7.93. The second kappa shape index (κ2) is 11.2. The largest absolute Gasteiger partial charge is 0.455 e. The number of para-hydroxylation sites is 2. The van der Waals surface area contributed by atoms with E-state index in [1.165, 1.54) is 10.8 Å². The lowest BCUT2D eigenvalue weighted by atomic mass is 9.93. The quantitative estimate of drug-likeness (QED) is 0.188. The highest BCUT2D eigenvalue weighted by molar-refractivity contribution is 6.26. The van der Waals surface area contributed by atoms with E-state index in [0.717, 1.165) is 76.8 Å². The zero-order valence-electron chi connectivity index (χ0n) is 27.9. The van der Waals surface area contributed by atoms with Crippen molar-refractivity contribution in [1.82, 2.24) is 19.5 Å². The van der Waals surface area contributed by atoms with Crippen LogP contribution >= 0.6 is 0 Å². The number of benzene rings is 8. The molecule has 0 bridgehead atoms. The first-order valence-electron chi connectivity index (χ1n) is 17.5. The number of rotatable bonds is 4. The normalized spacial score (nSPS) is 11.8. The molecule has 11 rings (SSSR count). The maximum absolute atomic E-state index is 6.79. The second-order valence-corrected chi connectivity index (χ2v) is 13.2. The maximum Gasteiger partial charge on any atom is 0.238 e. The molecule has 5 nitrogen and oxygen atoms in total. The van der Waals surface area contributed by atoms with Gasteiger partial charge in [-0.3, -0.25) is 4.57 Å². The highest BCUT2D eigenvalue weighted by Crippen LogP contribution is 2.46. The Balaban J connectivity index is 1.34. The fraction of sp³-hybridized carbons (Fsp3) is 0. The van der Waals surface area contributed by atoms with Gasteiger partial charge in [-0.2, -0.15) is 9.97 Å². The van der Waals surface area contributed by atoms with Gasteiger partial charge in [-0.15, -0.1) is 0 Å². The van der Waals surface area contributed by atoms with Crippen LogP contribution in [0.3, 0.4) is 0 Å². The number of nitrogens with zero attached hydrogens (tertiary/aromatic N) is 4. The van der Waals surface area contributed by atoms with Crippen LogP contribution in [-0.4, -0.2) is 19.5 Å². The number of fused-ring (bicyclic) bond motifs is 9. The molecule has 242 valence electrons. The Hall–Kier alpha value is -7.11. The van der Waals surface area contributed by atoms with Gasteiger partial charge in [-0.1, -0.05) is 152 Å². The van der Waals surface area contributed by atoms with Gasteiger partial charge >= 0.3 is 0 Å². The summed E-state index contributed by atoms with van der Waals surface area (Å²) in [6.45, 7) is 0. The van der Waals surface area contributed by atoms with E-state index in [1.54, 1.807) is 0 Å². The monoisotopic (exact) mass is 664 g/mol. The molecule has 0 saturated heterocycles. The lowest BCUT2D eigenvalue weighted by molar-refractivity contribution is 0.670. The van der Waals surface area contributed by atoms with Crippen molar-refractivity contribution in [2.24, 2.45) is 0 Å². The van der Waals surface area contributed by atoms with Gasteiger partial charge in [0.2, 0.25) is 5.95 Å². The average molecular weight is 665 g/mol. The van der Waals surface area contributed by atoms with Gasteiger partial charge in [0, 0.05) is 43.8 Å². The highest BCUT2D eigenvalue weighted by atomic mass is 16.3. The van der Waals surface area contributed by atoms with Gasteiger partial charge in [0.05, 0.1) is 11.0 Å². The Morgan fingerprint density at radius 3 is 1.81 bits per heavy atom. The molecule has 0 saturated carbocycles. The number of furan rings is 1. The summed E-state index contributed by atoms with van der Waals surface area (Å²) in [5, 5.41) is 9.08. The fourth-order valence-electron chi connectivity index (χ4n) is 7.93. The summed E-state index contributed by atoms with van der Waals surface area (Å²) in [5.74, 6) is 1.78. The molecule has 0 fully saturated rings. The van der Waals surface area contributed by atoms with Crippen LogP contribution in [0.5, 0.6) is 0 Å². The molecule has 0 N–H and O–H groups in total. The predicted molar refractivity (Wildman–Crippen MR) is 213 cm³/mol. The minimum Gasteiger partial charge on any atom is -0.455 e. The van der Waals surface area contributed by atoms with Crippen molar-refractivity contribution in [1.29, 1.82) is 0 Å². The van der Waals surface area contributed by atoms with Gasteiger partial charge in [0.25, 0.3) is 0 Å². The van der Waals surface area contributed by atoms with Crippen molar-refractivity contribution in [3.63, 3.8) is 0 Å². The van der Waals surface area contributed by atoms with E-state index in [0.29, 0.717) is 17.6 Å². The van der Waals surface area contributed by atoms with Gasteiger partial charge in [0.15, 0.2) is 11.6 Å². The van der Waals surface area contributed by atoms with E-state index in [4.69, 9.17) is 19.4 Å². The summed E-state index contributed by atoms with van der Waals surface area (Å²) in [7, 11) is 0. The van der Waals surface area contributed by atoms with Crippen molar-refractivity contribution in [2.45, 2.75) is 0 Å². The van der Waals surface area contributed by atoms with Crippen molar-refractivity contribution in [3.8, 4) is 39.9 Å². The minimum atomic E-state index is 0.552. The molecule has 0 aliphatic carbocycles. The van der Waals surface area contributed by atoms with Crippen LogP contribution in [0.1, 0.15) is 0 Å². The molecule has 0 spiro atoms. The van der Waals surface area contributed by atoms with E-state index < -0.39 is 0 Å². The predicted octanol–water partition coefficient (Wildman–Crippen LogP) is 12.2. The smallest absolute Gasteiger partial charge is 0.238 e. The van der Waals surface area contributed by atoms with E-state index in [2.05, 4.69) is 108 Å². The number of aromatic nitrogens is 4. The van der Waals surface area contributed by atoms with Crippen LogP contribution in [0.15, 0.2) is 174 Å². The Bertz CT molecular complexity index is 3120. The molecule has 8 aromatic carbocycles. The summed E-state index contributed by atoms with van der Waals surface area (Å²) in [4.78, 5) is 15.6. The van der Waals surface area contributed by atoms with Crippen molar-refractivity contribution < 1.29 is 4.42 Å². The minimum absolute atomic E-state index is 0.552. The molecule has 52 heavy (non-hydrogen) atoms. The molecule has 11 aromatic rings. The molecular formula is C47H28N4O. The van der Waals surface area contributed by atoms with Crippen LogP contribution in [0.4, 0.5) is 0 Å². The maximum atomic E-state index is 6.79. The van der Waals surface area contributed by atoms with Gasteiger partial charge < -0.3 is 4.42 Å². The molecule has 5 heteroatoms. The zero-order chi connectivity index (χ0) is 34.2. The van der Waals surface area contributed by atoms with E-state index in [1.807, 2.05) is 66.7 Å². The summed E-state index contributed by atoms with van der Waals surface area (Å²) in [6, 6.07) is 59.0. The molecule has 0 unspecified atom stereocenters. The molecule has 3 aromatic heterocycles. The first kappa shape index (κ1) is 28.7. The Kier molecular flexibility index (Phi) is 6.18. The zero-order valence-corrected chi connectivity index (χ0v) is 27.9. The first-order valence-corrected chi connectivity index (χ1v) is 17.5. The third-order valence-corrected chi connectivity index (χ3v) is 10.2. The standard InChI is InChI=1S/C47H28N4O/c1-3-15-30(16-4-1)45-48-46(31-17-5-2-6-18-31)50-47(49-45)51-39-27-26-29-14-7-9-20-33(29)41(39)36-23-13-24-37(43(36)51)42-34-21-10-8-19-32(34)28-38-35-22-11-12-25-40(35)52-44(38)42/h1-28H. The number of hydrogen-bond acceptors (Lipinski definition) is 4. The van der Waals surface area contributed by atoms with Crippen molar-refractivity contribution >= 4 is 65.3 Å². The highest BCUT2D eigenvalue weighted by Gasteiger charge is 2.24. The van der Waals surface area contributed by atoms with Crippen LogP contribution in [0, 0.1) is 0 Å². The Labute approximate surface area is 298 Å². The Morgan fingerprint density at radius 1 is 0.442 bits per heavy atom. The van der Waals surface area contributed by atoms with Gasteiger partial charge in [0.1, 0.15) is 11.2 Å². The van der Waals surface area contributed by atoms with E-state index in [-0.39, 0.29) is 0 Å². The number of hydrogen-bond donors (Lipinski definition) is 0. The third-order valence-electron chi connectivity index (χ3n) is 10.2. The van der Waals surface area contributed by atoms with Crippen LogP contribution < -0.4 is 0 Å². The van der Waals surface area contributed by atoms with Gasteiger partial charge in [-0.25, -0.2) is 4.98 Å². The molecule has 0 amide bonds. The first-order chi connectivity index (χ1) is 25.8. The lowest BCUT2D eigenvalue weighted by Crippen LogP contribution is -2.07.